The van der Waals surface area contributed by atoms with Crippen molar-refractivity contribution in [3.8, 4) is 17.0 Å². The molecule has 22 heavy (non-hydrogen) atoms. The summed E-state index contributed by atoms with van der Waals surface area (Å²) in [5.41, 5.74) is -0.997. The van der Waals surface area contributed by atoms with Crippen molar-refractivity contribution in [2.75, 3.05) is 0 Å². The zero-order valence-corrected chi connectivity index (χ0v) is 11.2. The first-order valence-corrected chi connectivity index (χ1v) is 6.03. The van der Waals surface area contributed by atoms with E-state index in [0.29, 0.717) is 6.20 Å². The molecule has 0 N–H and O–H groups in total. The van der Waals surface area contributed by atoms with Crippen LogP contribution in [0.3, 0.4) is 0 Å². The van der Waals surface area contributed by atoms with Crippen molar-refractivity contribution in [2.45, 2.75) is 12.5 Å². The molecule has 0 unspecified atom stereocenters. The van der Waals surface area contributed by atoms with Crippen molar-refractivity contribution in [3.63, 3.8) is 0 Å². The van der Waals surface area contributed by atoms with E-state index in [4.69, 9.17) is 11.6 Å². The highest BCUT2D eigenvalue weighted by molar-refractivity contribution is 6.31. The number of halogens is 7. The zero-order valence-electron chi connectivity index (χ0n) is 10.5. The van der Waals surface area contributed by atoms with Crippen LogP contribution in [0.25, 0.3) is 11.3 Å². The number of benzene rings is 1. The van der Waals surface area contributed by atoms with Gasteiger partial charge in [-0.2, -0.15) is 13.2 Å². The third kappa shape index (κ3) is 4.03. The fourth-order valence-corrected chi connectivity index (χ4v) is 1.91. The molecule has 0 spiro atoms. The summed E-state index contributed by atoms with van der Waals surface area (Å²) < 4.78 is 77.8. The van der Waals surface area contributed by atoms with Crippen molar-refractivity contribution in [1.29, 1.82) is 0 Å². The molecule has 0 saturated carbocycles. The van der Waals surface area contributed by atoms with E-state index in [0.717, 1.165) is 18.2 Å². The summed E-state index contributed by atoms with van der Waals surface area (Å²) >= 11 is 5.54. The van der Waals surface area contributed by atoms with Crippen LogP contribution in [0.1, 0.15) is 5.56 Å². The van der Waals surface area contributed by atoms with Gasteiger partial charge in [0.15, 0.2) is 0 Å². The number of hydrogen-bond donors (Lipinski definition) is 0. The van der Waals surface area contributed by atoms with Gasteiger partial charge in [0, 0.05) is 11.8 Å². The van der Waals surface area contributed by atoms with E-state index in [-0.39, 0.29) is 11.3 Å². The number of rotatable bonds is 2. The average Bonchev–Trinajstić information content (AvgIpc) is 2.35. The Morgan fingerprint density at radius 1 is 1.00 bits per heavy atom. The number of alkyl halides is 6. The second-order valence-electron chi connectivity index (χ2n) is 4.12. The zero-order chi connectivity index (χ0) is 16.5. The van der Waals surface area contributed by atoms with Gasteiger partial charge in [-0.1, -0.05) is 23.7 Å². The second-order valence-corrected chi connectivity index (χ2v) is 4.53. The van der Waals surface area contributed by atoms with Crippen LogP contribution in [0.4, 0.5) is 26.3 Å². The molecule has 0 bridgehead atoms. The highest BCUT2D eigenvalue weighted by Crippen LogP contribution is 2.36. The quantitative estimate of drug-likeness (QED) is 0.690. The van der Waals surface area contributed by atoms with E-state index < -0.39 is 28.9 Å². The van der Waals surface area contributed by atoms with E-state index in [1.807, 2.05) is 0 Å². The molecular formula is C13H6ClF6NO. The Kier molecular flexibility index (Phi) is 4.23. The monoisotopic (exact) mass is 341 g/mol. The molecule has 0 fully saturated rings. The van der Waals surface area contributed by atoms with Crippen LogP contribution in [0.2, 0.25) is 5.02 Å². The molecule has 1 aromatic heterocycles. The summed E-state index contributed by atoms with van der Waals surface area (Å²) in [5, 5.41) is -0.598. The molecule has 0 aliphatic carbocycles. The normalized spacial score (nSPS) is 12.3. The molecule has 0 saturated heterocycles. The molecule has 1 aromatic carbocycles. The highest BCUT2D eigenvalue weighted by atomic mass is 35.5. The maximum atomic E-state index is 12.6. The molecule has 2 rings (SSSR count). The molecular weight excluding hydrogens is 336 g/mol. The Morgan fingerprint density at radius 3 is 2.23 bits per heavy atom. The number of pyridine rings is 1. The fourth-order valence-electron chi connectivity index (χ4n) is 1.65. The van der Waals surface area contributed by atoms with E-state index in [1.54, 1.807) is 0 Å². The maximum absolute atomic E-state index is 12.6. The number of nitrogens with zero attached hydrogens (tertiary/aromatic N) is 1. The Balaban J connectivity index is 2.37. The molecule has 0 aliphatic heterocycles. The lowest BCUT2D eigenvalue weighted by Gasteiger charge is -2.11. The highest BCUT2D eigenvalue weighted by Gasteiger charge is 2.34. The van der Waals surface area contributed by atoms with Crippen molar-refractivity contribution >= 4 is 11.6 Å². The van der Waals surface area contributed by atoms with Gasteiger partial charge in [0.2, 0.25) is 0 Å². The minimum absolute atomic E-state index is 0.00868. The van der Waals surface area contributed by atoms with Crippen molar-refractivity contribution < 1.29 is 31.1 Å². The van der Waals surface area contributed by atoms with Crippen LogP contribution in [-0.4, -0.2) is 11.3 Å². The van der Waals surface area contributed by atoms with E-state index >= 15 is 0 Å². The molecule has 0 amide bonds. The summed E-state index contributed by atoms with van der Waals surface area (Å²) in [5.74, 6) is -0.511. The predicted octanol–water partition coefficient (Wildman–Crippen LogP) is 5.32. The summed E-state index contributed by atoms with van der Waals surface area (Å²) in [7, 11) is 0. The minimum Gasteiger partial charge on any atom is -0.406 e. The predicted molar refractivity (Wildman–Crippen MR) is 66.4 cm³/mol. The molecule has 1 heterocycles. The average molecular weight is 342 g/mol. The molecule has 2 nitrogen and oxygen atoms in total. The van der Waals surface area contributed by atoms with Crippen molar-refractivity contribution in [3.05, 3.63) is 47.1 Å². The van der Waals surface area contributed by atoms with E-state index in [1.165, 1.54) is 12.1 Å². The second kappa shape index (κ2) is 5.68. The first-order chi connectivity index (χ1) is 10.1. The van der Waals surface area contributed by atoms with Gasteiger partial charge in [0.1, 0.15) is 5.75 Å². The lowest BCUT2D eigenvalue weighted by Crippen LogP contribution is -2.17. The Labute approximate surface area is 125 Å². The fraction of sp³-hybridized carbons (Fsp3) is 0.154. The van der Waals surface area contributed by atoms with Crippen LogP contribution in [0.5, 0.6) is 5.75 Å². The summed E-state index contributed by atoms with van der Waals surface area (Å²) in [4.78, 5) is 3.57. The molecule has 118 valence electrons. The van der Waals surface area contributed by atoms with Gasteiger partial charge in [0.05, 0.1) is 16.3 Å². The number of hydrogen-bond acceptors (Lipinski definition) is 2. The van der Waals surface area contributed by atoms with Gasteiger partial charge < -0.3 is 4.74 Å². The Hall–Kier alpha value is -1.96. The van der Waals surface area contributed by atoms with E-state index in [2.05, 4.69) is 9.72 Å². The van der Waals surface area contributed by atoms with Gasteiger partial charge in [-0.25, -0.2) is 0 Å². The van der Waals surface area contributed by atoms with Crippen LogP contribution in [-0.2, 0) is 6.18 Å². The minimum atomic E-state index is -4.87. The molecule has 9 heteroatoms. The van der Waals surface area contributed by atoms with Crippen LogP contribution in [0.15, 0.2) is 36.5 Å². The standard InChI is InChI=1S/C13H6ClF6NO/c14-10-5-11(21-6-9(10)12(15,16)17)7-2-1-3-8(4-7)22-13(18,19)20/h1-6H. The summed E-state index contributed by atoms with van der Waals surface area (Å²) in [6, 6.07) is 5.61. The number of ether oxygens (including phenoxy) is 1. The van der Waals surface area contributed by atoms with Crippen LogP contribution >= 0.6 is 11.6 Å². The summed E-state index contributed by atoms with van der Waals surface area (Å²) in [6.07, 6.45) is -9.01. The maximum Gasteiger partial charge on any atom is 0.573 e. The topological polar surface area (TPSA) is 22.1 Å². The lowest BCUT2D eigenvalue weighted by atomic mass is 10.1. The molecule has 0 aliphatic rings. The summed E-state index contributed by atoms with van der Waals surface area (Å²) in [6.45, 7) is 0. The molecule has 0 atom stereocenters. The van der Waals surface area contributed by atoms with Crippen molar-refractivity contribution in [1.82, 2.24) is 4.98 Å². The SMILES string of the molecule is FC(F)(F)Oc1cccc(-c2cc(Cl)c(C(F)(F)F)cn2)c1. The smallest absolute Gasteiger partial charge is 0.406 e. The van der Waals surface area contributed by atoms with Crippen LogP contribution < -0.4 is 4.74 Å². The van der Waals surface area contributed by atoms with Gasteiger partial charge in [0.25, 0.3) is 0 Å². The lowest BCUT2D eigenvalue weighted by molar-refractivity contribution is -0.274. The van der Waals surface area contributed by atoms with Crippen LogP contribution in [0, 0.1) is 0 Å². The third-order valence-corrected chi connectivity index (χ3v) is 2.83. The first kappa shape index (κ1) is 16.4. The van der Waals surface area contributed by atoms with Gasteiger partial charge in [-0.05, 0) is 18.2 Å². The van der Waals surface area contributed by atoms with Crippen molar-refractivity contribution in [2.24, 2.45) is 0 Å². The Morgan fingerprint density at radius 2 is 1.68 bits per heavy atom. The molecule has 0 radical (unpaired) electrons. The van der Waals surface area contributed by atoms with E-state index in [9.17, 15) is 26.3 Å². The largest absolute Gasteiger partial charge is 0.573 e. The first-order valence-electron chi connectivity index (χ1n) is 5.65. The van der Waals surface area contributed by atoms with Gasteiger partial charge in [-0.15, -0.1) is 13.2 Å². The van der Waals surface area contributed by atoms with Gasteiger partial charge in [-0.3, -0.25) is 4.98 Å². The number of aromatic nitrogens is 1. The Bertz CT molecular complexity index is 683. The third-order valence-electron chi connectivity index (χ3n) is 2.52. The molecule has 2 aromatic rings. The van der Waals surface area contributed by atoms with Gasteiger partial charge >= 0.3 is 12.5 Å².